The van der Waals surface area contributed by atoms with Crippen LogP contribution in [0.25, 0.3) is 0 Å². The van der Waals surface area contributed by atoms with Gasteiger partial charge in [-0.25, -0.2) is 4.79 Å². The Hall–Kier alpha value is -1.84. The Labute approximate surface area is 106 Å². The van der Waals surface area contributed by atoms with Gasteiger partial charge in [-0.15, -0.1) is 0 Å². The number of benzene rings is 1. The van der Waals surface area contributed by atoms with E-state index in [0.717, 1.165) is 12.1 Å². The minimum absolute atomic E-state index is 0.0879. The summed E-state index contributed by atoms with van der Waals surface area (Å²) in [5.74, 6) is -0.169. The smallest absolute Gasteiger partial charge is 0.335 e. The number of hydrogen-bond acceptors (Lipinski definition) is 2. The average Bonchev–Trinajstić information content (AvgIpc) is 3.13. The molecule has 0 radical (unpaired) electrons. The molecule has 0 spiro atoms. The standard InChI is InChI=1S/C14H17NO3/c1-15(9-11-2-3-11)13(16)8-10-4-6-12(7-5-10)14(17)18/h4-7,11H,2-3,8-9H2,1H3,(H,17,18). The first-order valence-electron chi connectivity index (χ1n) is 6.12. The van der Waals surface area contributed by atoms with Gasteiger partial charge in [0.2, 0.25) is 5.91 Å². The summed E-state index contributed by atoms with van der Waals surface area (Å²) in [5.41, 5.74) is 1.10. The second-order valence-electron chi connectivity index (χ2n) is 4.90. The van der Waals surface area contributed by atoms with Crippen LogP contribution in [0.1, 0.15) is 28.8 Å². The van der Waals surface area contributed by atoms with Crippen molar-refractivity contribution in [2.45, 2.75) is 19.3 Å². The highest BCUT2D eigenvalue weighted by Crippen LogP contribution is 2.29. The minimum Gasteiger partial charge on any atom is -0.478 e. The molecule has 96 valence electrons. The van der Waals surface area contributed by atoms with E-state index in [-0.39, 0.29) is 11.5 Å². The van der Waals surface area contributed by atoms with Gasteiger partial charge in [0, 0.05) is 13.6 Å². The Morgan fingerprint density at radius 3 is 2.39 bits per heavy atom. The van der Waals surface area contributed by atoms with Gasteiger partial charge in [0.1, 0.15) is 0 Å². The van der Waals surface area contributed by atoms with E-state index in [1.807, 2.05) is 7.05 Å². The molecule has 18 heavy (non-hydrogen) atoms. The van der Waals surface area contributed by atoms with E-state index in [4.69, 9.17) is 5.11 Å². The predicted octanol–water partition coefficient (Wildman–Crippen LogP) is 1.80. The van der Waals surface area contributed by atoms with Gasteiger partial charge in [-0.1, -0.05) is 12.1 Å². The lowest BCUT2D eigenvalue weighted by Gasteiger charge is -2.16. The SMILES string of the molecule is CN(CC1CC1)C(=O)Cc1ccc(C(=O)O)cc1. The monoisotopic (exact) mass is 247 g/mol. The molecule has 1 N–H and O–H groups in total. The fraction of sp³-hybridized carbons (Fsp3) is 0.429. The Morgan fingerprint density at radius 2 is 1.89 bits per heavy atom. The lowest BCUT2D eigenvalue weighted by molar-refractivity contribution is -0.129. The fourth-order valence-corrected chi connectivity index (χ4v) is 1.86. The van der Waals surface area contributed by atoms with Crippen LogP contribution < -0.4 is 0 Å². The first-order valence-corrected chi connectivity index (χ1v) is 6.12. The minimum atomic E-state index is -0.946. The summed E-state index contributed by atoms with van der Waals surface area (Å²) in [4.78, 5) is 24.4. The number of carbonyl (C=O) groups excluding carboxylic acids is 1. The summed E-state index contributed by atoms with van der Waals surface area (Å²) in [7, 11) is 1.83. The average molecular weight is 247 g/mol. The van der Waals surface area contributed by atoms with Crippen molar-refractivity contribution in [3.63, 3.8) is 0 Å². The van der Waals surface area contributed by atoms with Gasteiger partial charge >= 0.3 is 5.97 Å². The second-order valence-corrected chi connectivity index (χ2v) is 4.90. The molecular formula is C14H17NO3. The van der Waals surface area contributed by atoms with Crippen LogP contribution in [-0.4, -0.2) is 35.5 Å². The summed E-state index contributed by atoms with van der Waals surface area (Å²) >= 11 is 0. The lowest BCUT2D eigenvalue weighted by Crippen LogP contribution is -2.30. The van der Waals surface area contributed by atoms with E-state index in [0.29, 0.717) is 12.3 Å². The van der Waals surface area contributed by atoms with Crippen molar-refractivity contribution < 1.29 is 14.7 Å². The maximum Gasteiger partial charge on any atom is 0.335 e. The molecule has 1 aromatic rings. The lowest BCUT2D eigenvalue weighted by atomic mass is 10.1. The van der Waals surface area contributed by atoms with Crippen molar-refractivity contribution in [1.82, 2.24) is 4.90 Å². The van der Waals surface area contributed by atoms with Crippen molar-refractivity contribution >= 4 is 11.9 Å². The molecule has 0 atom stereocenters. The molecule has 1 saturated carbocycles. The Balaban J connectivity index is 1.91. The van der Waals surface area contributed by atoms with Crippen molar-refractivity contribution in [2.75, 3.05) is 13.6 Å². The number of aromatic carboxylic acids is 1. The third-order valence-corrected chi connectivity index (χ3v) is 3.21. The molecule has 2 rings (SSSR count). The number of rotatable bonds is 5. The van der Waals surface area contributed by atoms with Crippen LogP contribution >= 0.6 is 0 Å². The molecule has 4 nitrogen and oxygen atoms in total. The summed E-state index contributed by atoms with van der Waals surface area (Å²) in [6.07, 6.45) is 2.79. The van der Waals surface area contributed by atoms with Crippen LogP contribution in [0, 0.1) is 5.92 Å². The van der Waals surface area contributed by atoms with Gasteiger partial charge in [0.05, 0.1) is 12.0 Å². The van der Waals surface area contributed by atoms with Gasteiger partial charge in [-0.3, -0.25) is 4.79 Å². The summed E-state index contributed by atoms with van der Waals surface area (Å²) in [6.45, 7) is 0.839. The van der Waals surface area contributed by atoms with Crippen LogP contribution in [-0.2, 0) is 11.2 Å². The number of carbonyl (C=O) groups is 2. The quantitative estimate of drug-likeness (QED) is 0.863. The second kappa shape index (κ2) is 5.21. The normalized spacial score (nSPS) is 14.3. The van der Waals surface area contributed by atoms with E-state index < -0.39 is 5.97 Å². The Bertz CT molecular complexity index is 449. The van der Waals surface area contributed by atoms with Crippen LogP contribution in [0.15, 0.2) is 24.3 Å². The van der Waals surface area contributed by atoms with Crippen LogP contribution in [0.3, 0.4) is 0 Å². The molecule has 1 aliphatic rings. The number of likely N-dealkylation sites (N-methyl/N-ethyl adjacent to an activating group) is 1. The molecule has 0 aromatic heterocycles. The Kier molecular flexibility index (Phi) is 3.65. The van der Waals surface area contributed by atoms with Gasteiger partial charge < -0.3 is 10.0 Å². The first kappa shape index (κ1) is 12.6. The van der Waals surface area contributed by atoms with E-state index in [2.05, 4.69) is 0 Å². The summed E-state index contributed by atoms with van der Waals surface area (Å²) in [5, 5.41) is 8.78. The molecule has 0 aliphatic heterocycles. The van der Waals surface area contributed by atoms with Crippen molar-refractivity contribution in [2.24, 2.45) is 5.92 Å². The zero-order valence-corrected chi connectivity index (χ0v) is 10.4. The van der Waals surface area contributed by atoms with E-state index >= 15 is 0 Å². The molecule has 0 bridgehead atoms. The molecule has 1 aliphatic carbocycles. The third kappa shape index (κ3) is 3.32. The summed E-state index contributed by atoms with van der Waals surface area (Å²) in [6, 6.07) is 6.47. The molecule has 0 unspecified atom stereocenters. The number of carboxylic acid groups (broad SMARTS) is 1. The van der Waals surface area contributed by atoms with Crippen molar-refractivity contribution in [1.29, 1.82) is 0 Å². The molecule has 1 aromatic carbocycles. The van der Waals surface area contributed by atoms with Crippen LogP contribution in [0.2, 0.25) is 0 Å². The van der Waals surface area contributed by atoms with Gasteiger partial charge in [-0.05, 0) is 36.5 Å². The largest absolute Gasteiger partial charge is 0.478 e. The van der Waals surface area contributed by atoms with Crippen molar-refractivity contribution in [3.8, 4) is 0 Å². The molecule has 1 fully saturated rings. The zero-order valence-electron chi connectivity index (χ0n) is 10.4. The molecule has 1 amide bonds. The highest BCUT2D eigenvalue weighted by atomic mass is 16.4. The molecule has 4 heteroatoms. The van der Waals surface area contributed by atoms with E-state index in [9.17, 15) is 9.59 Å². The van der Waals surface area contributed by atoms with Gasteiger partial charge in [0.15, 0.2) is 0 Å². The number of hydrogen-bond donors (Lipinski definition) is 1. The van der Waals surface area contributed by atoms with Crippen molar-refractivity contribution in [3.05, 3.63) is 35.4 Å². The number of amides is 1. The molecule has 0 saturated heterocycles. The third-order valence-electron chi connectivity index (χ3n) is 3.21. The zero-order chi connectivity index (χ0) is 13.1. The van der Waals surface area contributed by atoms with Crippen LogP contribution in [0.5, 0.6) is 0 Å². The highest BCUT2D eigenvalue weighted by Gasteiger charge is 2.24. The number of nitrogens with zero attached hydrogens (tertiary/aromatic N) is 1. The maximum atomic E-state index is 11.9. The number of carboxylic acids is 1. The topological polar surface area (TPSA) is 57.6 Å². The van der Waals surface area contributed by atoms with Gasteiger partial charge in [0.25, 0.3) is 0 Å². The first-order chi connectivity index (χ1) is 8.56. The van der Waals surface area contributed by atoms with Crippen LogP contribution in [0.4, 0.5) is 0 Å². The molecular weight excluding hydrogens is 230 g/mol. The van der Waals surface area contributed by atoms with E-state index in [1.165, 1.54) is 25.0 Å². The predicted molar refractivity (Wildman–Crippen MR) is 67.5 cm³/mol. The Morgan fingerprint density at radius 1 is 1.28 bits per heavy atom. The molecule has 0 heterocycles. The fourth-order valence-electron chi connectivity index (χ4n) is 1.86. The van der Waals surface area contributed by atoms with E-state index in [1.54, 1.807) is 17.0 Å². The summed E-state index contributed by atoms with van der Waals surface area (Å²) < 4.78 is 0. The maximum absolute atomic E-state index is 11.9. The van der Waals surface area contributed by atoms with Gasteiger partial charge in [-0.2, -0.15) is 0 Å². The highest BCUT2D eigenvalue weighted by molar-refractivity contribution is 5.87.